The van der Waals surface area contributed by atoms with Gasteiger partial charge in [0.15, 0.2) is 0 Å². The van der Waals surface area contributed by atoms with Crippen molar-refractivity contribution in [2.45, 2.75) is 25.7 Å². The Balaban J connectivity index is 1.47. The van der Waals surface area contributed by atoms with E-state index < -0.39 is 0 Å². The van der Waals surface area contributed by atoms with Gasteiger partial charge in [-0.3, -0.25) is 9.69 Å². The van der Waals surface area contributed by atoms with E-state index in [4.69, 9.17) is 0 Å². The SMILES string of the molecule is O=C1NCCN1c1ccc(NC(=O)[C@@]23CCCC[C@H]2CNC3)cc1. The minimum atomic E-state index is -0.244. The van der Waals surface area contributed by atoms with Crippen LogP contribution in [0.1, 0.15) is 25.7 Å². The molecule has 3 aliphatic rings. The summed E-state index contributed by atoms with van der Waals surface area (Å²) in [6.07, 6.45) is 4.48. The molecule has 6 heteroatoms. The molecule has 0 spiro atoms. The highest BCUT2D eigenvalue weighted by atomic mass is 16.2. The summed E-state index contributed by atoms with van der Waals surface area (Å²) in [7, 11) is 0. The number of fused-ring (bicyclic) bond motifs is 1. The number of benzene rings is 1. The monoisotopic (exact) mass is 328 g/mol. The van der Waals surface area contributed by atoms with Crippen molar-refractivity contribution in [1.29, 1.82) is 0 Å². The van der Waals surface area contributed by atoms with Crippen molar-refractivity contribution in [2.75, 3.05) is 36.4 Å². The molecule has 0 aromatic heterocycles. The number of hydrogen-bond acceptors (Lipinski definition) is 3. The van der Waals surface area contributed by atoms with E-state index in [2.05, 4.69) is 16.0 Å². The Labute approximate surface area is 142 Å². The lowest BCUT2D eigenvalue weighted by Gasteiger charge is -2.37. The summed E-state index contributed by atoms with van der Waals surface area (Å²) in [5, 5.41) is 9.31. The number of carbonyl (C=O) groups is 2. The minimum Gasteiger partial charge on any atom is -0.336 e. The van der Waals surface area contributed by atoms with Crippen LogP contribution in [0.15, 0.2) is 24.3 Å². The molecule has 3 fully saturated rings. The van der Waals surface area contributed by atoms with E-state index in [0.29, 0.717) is 19.0 Å². The third-order valence-corrected chi connectivity index (χ3v) is 5.78. The van der Waals surface area contributed by atoms with Crippen molar-refractivity contribution in [3.05, 3.63) is 24.3 Å². The number of rotatable bonds is 3. The fraction of sp³-hybridized carbons (Fsp3) is 0.556. The molecule has 1 aromatic rings. The maximum absolute atomic E-state index is 12.9. The van der Waals surface area contributed by atoms with Gasteiger partial charge in [-0.05, 0) is 49.6 Å². The maximum Gasteiger partial charge on any atom is 0.321 e. The average molecular weight is 328 g/mol. The van der Waals surface area contributed by atoms with Crippen LogP contribution in [0, 0.1) is 11.3 Å². The number of urea groups is 1. The zero-order valence-electron chi connectivity index (χ0n) is 13.8. The highest BCUT2D eigenvalue weighted by Crippen LogP contribution is 2.44. The number of nitrogens with zero attached hydrogens (tertiary/aromatic N) is 1. The second-order valence-electron chi connectivity index (χ2n) is 7.11. The third kappa shape index (κ3) is 2.55. The molecule has 2 saturated heterocycles. The number of nitrogens with one attached hydrogen (secondary N) is 3. The first-order valence-corrected chi connectivity index (χ1v) is 8.87. The van der Waals surface area contributed by atoms with E-state index in [-0.39, 0.29) is 17.4 Å². The number of carbonyl (C=O) groups excluding carboxylic acids is 2. The van der Waals surface area contributed by atoms with Gasteiger partial charge in [0.2, 0.25) is 5.91 Å². The third-order valence-electron chi connectivity index (χ3n) is 5.78. The van der Waals surface area contributed by atoms with Crippen LogP contribution >= 0.6 is 0 Å². The molecule has 1 saturated carbocycles. The molecule has 2 aliphatic heterocycles. The Bertz CT molecular complexity index is 645. The number of anilines is 2. The van der Waals surface area contributed by atoms with Crippen LogP contribution in [0.25, 0.3) is 0 Å². The van der Waals surface area contributed by atoms with Crippen molar-refractivity contribution in [1.82, 2.24) is 10.6 Å². The van der Waals surface area contributed by atoms with E-state index in [1.807, 2.05) is 24.3 Å². The fourth-order valence-corrected chi connectivity index (χ4v) is 4.39. The maximum atomic E-state index is 12.9. The van der Waals surface area contributed by atoms with Gasteiger partial charge in [0.25, 0.3) is 0 Å². The summed E-state index contributed by atoms with van der Waals surface area (Å²) in [4.78, 5) is 26.4. The fourth-order valence-electron chi connectivity index (χ4n) is 4.39. The lowest BCUT2D eigenvalue weighted by Crippen LogP contribution is -2.44. The molecule has 6 nitrogen and oxygen atoms in total. The summed E-state index contributed by atoms with van der Waals surface area (Å²) >= 11 is 0. The zero-order chi connectivity index (χ0) is 16.6. The molecule has 2 atom stereocenters. The first-order valence-electron chi connectivity index (χ1n) is 8.87. The number of amides is 3. The highest BCUT2D eigenvalue weighted by Gasteiger charge is 2.49. The van der Waals surface area contributed by atoms with Crippen molar-refractivity contribution in [3.8, 4) is 0 Å². The van der Waals surface area contributed by atoms with Gasteiger partial charge in [-0.15, -0.1) is 0 Å². The van der Waals surface area contributed by atoms with Crippen LogP contribution in [0.2, 0.25) is 0 Å². The van der Waals surface area contributed by atoms with Crippen molar-refractivity contribution >= 4 is 23.3 Å². The topological polar surface area (TPSA) is 73.5 Å². The molecule has 0 unspecified atom stereocenters. The summed E-state index contributed by atoms with van der Waals surface area (Å²) < 4.78 is 0. The average Bonchev–Trinajstić information content (AvgIpc) is 3.22. The van der Waals surface area contributed by atoms with Gasteiger partial charge >= 0.3 is 6.03 Å². The molecule has 0 radical (unpaired) electrons. The highest BCUT2D eigenvalue weighted by molar-refractivity contribution is 5.97. The van der Waals surface area contributed by atoms with E-state index in [0.717, 1.165) is 43.7 Å². The second-order valence-corrected chi connectivity index (χ2v) is 7.11. The predicted octanol–water partition coefficient (Wildman–Crippen LogP) is 1.93. The molecule has 4 rings (SSSR count). The Morgan fingerprint density at radius 2 is 2.08 bits per heavy atom. The Hall–Kier alpha value is -2.08. The van der Waals surface area contributed by atoms with Gasteiger partial charge < -0.3 is 16.0 Å². The quantitative estimate of drug-likeness (QED) is 0.794. The van der Waals surface area contributed by atoms with Gasteiger partial charge in [-0.2, -0.15) is 0 Å². The van der Waals surface area contributed by atoms with E-state index in [9.17, 15) is 9.59 Å². The molecule has 2 heterocycles. The molecule has 1 aromatic carbocycles. The van der Waals surface area contributed by atoms with Crippen LogP contribution in [-0.4, -0.2) is 38.1 Å². The standard InChI is InChI=1S/C18H24N4O2/c23-16(18-8-2-1-3-13(18)11-19-12-18)21-14-4-6-15(7-5-14)22-10-9-20-17(22)24/h4-7,13,19H,1-3,8-12H2,(H,20,24)(H,21,23)/t13-,18+/m0/s1. The molecule has 3 amide bonds. The first-order chi connectivity index (χ1) is 11.7. The molecular formula is C18H24N4O2. The molecule has 128 valence electrons. The largest absolute Gasteiger partial charge is 0.336 e. The van der Waals surface area contributed by atoms with Gasteiger partial charge in [0.05, 0.1) is 5.41 Å². The van der Waals surface area contributed by atoms with E-state index in [1.54, 1.807) is 4.90 Å². The van der Waals surface area contributed by atoms with Gasteiger partial charge in [0.1, 0.15) is 0 Å². The van der Waals surface area contributed by atoms with Crippen LogP contribution in [-0.2, 0) is 4.79 Å². The summed E-state index contributed by atoms with van der Waals surface area (Å²) in [5.41, 5.74) is 1.42. The lowest BCUT2D eigenvalue weighted by atomic mass is 9.67. The van der Waals surface area contributed by atoms with Crippen LogP contribution in [0.4, 0.5) is 16.2 Å². The Morgan fingerprint density at radius 1 is 1.25 bits per heavy atom. The van der Waals surface area contributed by atoms with Crippen molar-refractivity contribution < 1.29 is 9.59 Å². The number of hydrogen-bond donors (Lipinski definition) is 3. The van der Waals surface area contributed by atoms with E-state index >= 15 is 0 Å². The molecule has 24 heavy (non-hydrogen) atoms. The van der Waals surface area contributed by atoms with Crippen LogP contribution in [0.3, 0.4) is 0 Å². The van der Waals surface area contributed by atoms with E-state index in [1.165, 1.54) is 6.42 Å². The normalized spacial score (nSPS) is 29.2. The van der Waals surface area contributed by atoms with Crippen LogP contribution < -0.4 is 20.9 Å². The summed E-state index contributed by atoms with van der Waals surface area (Å²) in [5.74, 6) is 0.600. The Morgan fingerprint density at radius 3 is 2.83 bits per heavy atom. The van der Waals surface area contributed by atoms with Crippen molar-refractivity contribution in [2.24, 2.45) is 11.3 Å². The van der Waals surface area contributed by atoms with Gasteiger partial charge in [-0.25, -0.2) is 4.79 Å². The smallest absolute Gasteiger partial charge is 0.321 e. The second kappa shape index (κ2) is 6.09. The molecular weight excluding hydrogens is 304 g/mol. The van der Waals surface area contributed by atoms with Gasteiger partial charge in [0, 0.05) is 31.0 Å². The van der Waals surface area contributed by atoms with Gasteiger partial charge in [-0.1, -0.05) is 12.8 Å². The lowest BCUT2D eigenvalue weighted by molar-refractivity contribution is -0.128. The van der Waals surface area contributed by atoms with Crippen LogP contribution in [0.5, 0.6) is 0 Å². The molecule has 3 N–H and O–H groups in total. The summed E-state index contributed by atoms with van der Waals surface area (Å²) in [6, 6.07) is 7.49. The molecule has 1 aliphatic carbocycles. The zero-order valence-corrected chi connectivity index (χ0v) is 13.8. The predicted molar refractivity (Wildman–Crippen MR) is 93.1 cm³/mol. The minimum absolute atomic E-state index is 0.0623. The van der Waals surface area contributed by atoms with Crippen molar-refractivity contribution in [3.63, 3.8) is 0 Å². The molecule has 0 bridgehead atoms. The summed E-state index contributed by atoms with van der Waals surface area (Å²) in [6.45, 7) is 3.10. The Kier molecular flexibility index (Phi) is 3.92. The first kappa shape index (κ1) is 15.4.